The summed E-state index contributed by atoms with van der Waals surface area (Å²) in [7, 11) is -3.93. The number of hydrogen-bond acceptors (Lipinski definition) is 7. The first-order chi connectivity index (χ1) is 17.0. The second-order valence-corrected chi connectivity index (χ2v) is 11.2. The average molecular weight is 505 g/mol. The van der Waals surface area contributed by atoms with Crippen molar-refractivity contribution in [3.05, 3.63) is 94.8 Å². The van der Waals surface area contributed by atoms with Crippen LogP contribution >= 0.6 is 11.8 Å². The number of piperazine rings is 1. The highest BCUT2D eigenvalue weighted by Crippen LogP contribution is 2.36. The van der Waals surface area contributed by atoms with E-state index in [-0.39, 0.29) is 16.3 Å². The molecule has 1 heterocycles. The van der Waals surface area contributed by atoms with E-state index in [1.165, 1.54) is 22.1 Å². The molecule has 1 aliphatic heterocycles. The molecule has 7 nitrogen and oxygen atoms in total. The van der Waals surface area contributed by atoms with E-state index in [4.69, 9.17) is 5.41 Å². The number of nitrogens with zero attached hydrogens (tertiary/aromatic N) is 3. The summed E-state index contributed by atoms with van der Waals surface area (Å²) in [5.74, 6) is 0. The highest BCUT2D eigenvalue weighted by molar-refractivity contribution is 8.04. The van der Waals surface area contributed by atoms with Crippen LogP contribution in [0.5, 0.6) is 0 Å². The van der Waals surface area contributed by atoms with E-state index in [1.54, 1.807) is 6.08 Å². The fourth-order valence-electron chi connectivity index (χ4n) is 4.31. The number of allylic oxidation sites excluding steroid dienone is 4. The van der Waals surface area contributed by atoms with Gasteiger partial charge in [-0.25, -0.2) is 8.42 Å². The molecule has 0 amide bonds. The van der Waals surface area contributed by atoms with Gasteiger partial charge in [0.2, 0.25) is 10.0 Å². The Morgan fingerprint density at radius 2 is 1.54 bits per heavy atom. The first-order valence-electron chi connectivity index (χ1n) is 11.2. The zero-order valence-electron chi connectivity index (χ0n) is 18.8. The molecule has 0 bridgehead atoms. The number of benzene rings is 3. The van der Waals surface area contributed by atoms with Crippen LogP contribution in [0.4, 0.5) is 5.69 Å². The maximum Gasteiger partial charge on any atom is 0.245 e. The molecule has 2 N–H and O–H groups in total. The standard InChI is InChI=1S/C26H24N4O3S2/c27-25-23(34-22-12-6-8-19-7-4-5-11-21(19)22)13-14-24(26(25)28-31)35(32,33)30-17-15-29(16-18-30)20-9-2-1-3-10-20/h1-14,27,31H,15-18H2/b27-25?,28-26-. The maximum absolute atomic E-state index is 13.5. The van der Waals surface area contributed by atoms with Gasteiger partial charge in [-0.2, -0.15) is 4.31 Å². The molecule has 0 radical (unpaired) electrons. The molecule has 9 heteroatoms. The lowest BCUT2D eigenvalue weighted by molar-refractivity contribution is 0.320. The SMILES string of the molecule is N=C1C(Sc2cccc3ccccc23)=CC=C(S(=O)(=O)N2CCN(c3ccccc3)CC2)/C1=N/O. The Balaban J connectivity index is 1.39. The van der Waals surface area contributed by atoms with Crippen molar-refractivity contribution in [2.75, 3.05) is 31.1 Å². The molecule has 0 aromatic heterocycles. The largest absolute Gasteiger partial charge is 0.410 e. The molecule has 178 valence electrons. The van der Waals surface area contributed by atoms with Crippen LogP contribution in [0.3, 0.4) is 0 Å². The van der Waals surface area contributed by atoms with E-state index in [0.717, 1.165) is 21.4 Å². The molecule has 0 saturated carbocycles. The number of fused-ring (bicyclic) bond motifs is 1. The molecule has 0 unspecified atom stereocenters. The fraction of sp³-hybridized carbons (Fsp3) is 0.154. The van der Waals surface area contributed by atoms with Crippen LogP contribution in [0.15, 0.2) is 105 Å². The van der Waals surface area contributed by atoms with Crippen molar-refractivity contribution < 1.29 is 13.6 Å². The Morgan fingerprint density at radius 1 is 0.857 bits per heavy atom. The molecular formula is C26H24N4O3S2. The highest BCUT2D eigenvalue weighted by Gasteiger charge is 2.36. The second-order valence-electron chi connectivity index (χ2n) is 8.19. The molecule has 2 aliphatic rings. The molecule has 1 fully saturated rings. The Bertz CT molecular complexity index is 1470. The lowest BCUT2D eigenvalue weighted by Gasteiger charge is -2.36. The first kappa shape index (κ1) is 23.3. The summed E-state index contributed by atoms with van der Waals surface area (Å²) in [6, 6.07) is 23.7. The number of hydrogen-bond donors (Lipinski definition) is 2. The molecular weight excluding hydrogens is 480 g/mol. The van der Waals surface area contributed by atoms with Gasteiger partial charge in [-0.3, -0.25) is 5.41 Å². The lowest BCUT2D eigenvalue weighted by atomic mass is 10.1. The third-order valence-corrected chi connectivity index (χ3v) is 9.22. The molecule has 3 aromatic carbocycles. The Kier molecular flexibility index (Phi) is 6.46. The molecule has 1 saturated heterocycles. The van der Waals surface area contributed by atoms with Crippen LogP contribution in [0, 0.1) is 5.41 Å². The third kappa shape index (κ3) is 4.50. The first-order valence-corrected chi connectivity index (χ1v) is 13.4. The zero-order chi connectivity index (χ0) is 24.4. The van der Waals surface area contributed by atoms with Gasteiger partial charge < -0.3 is 10.1 Å². The van der Waals surface area contributed by atoms with E-state index in [0.29, 0.717) is 31.1 Å². The van der Waals surface area contributed by atoms with E-state index in [2.05, 4.69) is 10.1 Å². The van der Waals surface area contributed by atoms with Crippen molar-refractivity contribution in [1.29, 1.82) is 5.41 Å². The van der Waals surface area contributed by atoms with Crippen LogP contribution in [-0.2, 0) is 10.0 Å². The lowest BCUT2D eigenvalue weighted by Crippen LogP contribution is -2.50. The number of nitrogens with one attached hydrogen (secondary N) is 1. The minimum atomic E-state index is -3.93. The van der Waals surface area contributed by atoms with Gasteiger partial charge in [0.25, 0.3) is 0 Å². The van der Waals surface area contributed by atoms with Crippen LogP contribution in [0.1, 0.15) is 0 Å². The van der Waals surface area contributed by atoms with Gasteiger partial charge in [-0.15, -0.1) is 0 Å². The number of thioether (sulfide) groups is 1. The molecule has 1 aliphatic carbocycles. The topological polar surface area (TPSA) is 97.1 Å². The monoisotopic (exact) mass is 504 g/mol. The normalized spacial score (nSPS) is 18.6. The summed E-state index contributed by atoms with van der Waals surface area (Å²) < 4.78 is 28.3. The summed E-state index contributed by atoms with van der Waals surface area (Å²) >= 11 is 1.35. The van der Waals surface area contributed by atoms with E-state index in [9.17, 15) is 13.6 Å². The van der Waals surface area contributed by atoms with Crippen molar-refractivity contribution in [3.8, 4) is 0 Å². The van der Waals surface area contributed by atoms with Crippen LogP contribution in [-0.4, -0.2) is 55.5 Å². The van der Waals surface area contributed by atoms with Gasteiger partial charge >= 0.3 is 0 Å². The van der Waals surface area contributed by atoms with Crippen molar-refractivity contribution in [1.82, 2.24) is 4.31 Å². The van der Waals surface area contributed by atoms with Crippen molar-refractivity contribution in [3.63, 3.8) is 0 Å². The van der Waals surface area contributed by atoms with Crippen molar-refractivity contribution >= 4 is 49.7 Å². The number of rotatable bonds is 5. The van der Waals surface area contributed by atoms with E-state index < -0.39 is 10.0 Å². The zero-order valence-corrected chi connectivity index (χ0v) is 20.5. The number of anilines is 1. The molecule has 3 aromatic rings. The fourth-order valence-corrected chi connectivity index (χ4v) is 6.88. The Labute approximate surface area is 208 Å². The van der Waals surface area contributed by atoms with Gasteiger partial charge in [0, 0.05) is 41.7 Å². The van der Waals surface area contributed by atoms with Crippen molar-refractivity contribution in [2.45, 2.75) is 4.90 Å². The van der Waals surface area contributed by atoms with Gasteiger partial charge in [0.05, 0.1) is 5.71 Å². The second kappa shape index (κ2) is 9.69. The molecule has 0 atom stereocenters. The van der Waals surface area contributed by atoms with Gasteiger partial charge in [0.1, 0.15) is 10.6 Å². The Morgan fingerprint density at radius 3 is 2.29 bits per heavy atom. The van der Waals surface area contributed by atoms with Crippen molar-refractivity contribution in [2.24, 2.45) is 5.16 Å². The van der Waals surface area contributed by atoms with Gasteiger partial charge in [-0.1, -0.05) is 71.5 Å². The smallest absolute Gasteiger partial charge is 0.245 e. The number of sulfonamides is 1. The quantitative estimate of drug-likeness (QED) is 0.298. The molecule has 5 rings (SSSR count). The number of oxime groups is 1. The van der Waals surface area contributed by atoms with Crippen LogP contribution in [0.2, 0.25) is 0 Å². The minimum absolute atomic E-state index is 0.116. The maximum atomic E-state index is 13.5. The summed E-state index contributed by atoms with van der Waals surface area (Å²) in [4.78, 5) is 3.44. The summed E-state index contributed by atoms with van der Waals surface area (Å²) in [5, 5.41) is 23.7. The Hall–Kier alpha value is -3.40. The van der Waals surface area contributed by atoms with E-state index in [1.807, 2.05) is 72.8 Å². The average Bonchev–Trinajstić information content (AvgIpc) is 2.90. The van der Waals surface area contributed by atoms with Crippen LogP contribution < -0.4 is 4.90 Å². The van der Waals surface area contributed by atoms with Gasteiger partial charge in [-0.05, 0) is 41.1 Å². The predicted molar refractivity (Wildman–Crippen MR) is 142 cm³/mol. The highest BCUT2D eigenvalue weighted by atomic mass is 32.2. The van der Waals surface area contributed by atoms with E-state index >= 15 is 0 Å². The summed E-state index contributed by atoms with van der Waals surface area (Å²) in [6.07, 6.45) is 3.07. The van der Waals surface area contributed by atoms with Gasteiger partial charge in [0.15, 0.2) is 0 Å². The molecule has 0 spiro atoms. The minimum Gasteiger partial charge on any atom is -0.410 e. The number of para-hydroxylation sites is 1. The molecule has 35 heavy (non-hydrogen) atoms. The predicted octanol–water partition coefficient (Wildman–Crippen LogP) is 4.72. The summed E-state index contributed by atoms with van der Waals surface area (Å²) in [6.45, 7) is 1.72. The van der Waals surface area contributed by atoms with Crippen LogP contribution in [0.25, 0.3) is 10.8 Å². The summed E-state index contributed by atoms with van der Waals surface area (Å²) in [5.41, 5.74) is 0.703. The third-order valence-electron chi connectivity index (χ3n) is 6.15.